The number of carbonyl (C=O) groups is 1. The molecule has 6 nitrogen and oxygen atoms in total. The van der Waals surface area contributed by atoms with E-state index in [4.69, 9.17) is 13.9 Å². The van der Waals surface area contributed by atoms with Crippen molar-refractivity contribution >= 4 is 44.0 Å². The van der Waals surface area contributed by atoms with Crippen LogP contribution in [0.15, 0.2) is 49.0 Å². The second kappa shape index (κ2) is 8.00. The normalized spacial score (nSPS) is 10.7. The van der Waals surface area contributed by atoms with Gasteiger partial charge in [-0.3, -0.25) is 4.79 Å². The molecule has 1 N–H and O–H groups in total. The van der Waals surface area contributed by atoms with Crippen LogP contribution in [0.2, 0.25) is 0 Å². The molecule has 0 unspecified atom stereocenters. The van der Waals surface area contributed by atoms with Crippen LogP contribution in [-0.4, -0.2) is 25.8 Å². The van der Waals surface area contributed by atoms with Crippen molar-refractivity contribution < 1.29 is 18.7 Å². The number of rotatable bonds is 6. The summed E-state index contributed by atoms with van der Waals surface area (Å²) >= 11 is 6.72. The van der Waals surface area contributed by atoms with E-state index < -0.39 is 5.91 Å². The Labute approximate surface area is 143 Å². The van der Waals surface area contributed by atoms with Crippen molar-refractivity contribution in [2.45, 2.75) is 0 Å². The summed E-state index contributed by atoms with van der Waals surface area (Å²) in [5, 5.41) is 3.76. The third-order valence-corrected chi connectivity index (χ3v) is 3.66. The fourth-order valence-electron chi connectivity index (χ4n) is 1.49. The zero-order valence-electron chi connectivity index (χ0n) is 11.5. The zero-order chi connectivity index (χ0) is 15.9. The molecule has 22 heavy (non-hydrogen) atoms. The van der Waals surface area contributed by atoms with Crippen LogP contribution in [0.3, 0.4) is 0 Å². The van der Waals surface area contributed by atoms with Crippen molar-refractivity contribution in [3.8, 4) is 11.5 Å². The standard InChI is InChI=1S/C14H12Br2N2O4/c1-20-10-5-11(15)14(12(16)6-10)22-8-13(19)18-17-7-9-3-2-4-21-9/h2-7H,8H2,1H3,(H,18,19)/b17-7-. The molecule has 8 heteroatoms. The first-order valence-corrected chi connectivity index (χ1v) is 7.70. The number of furan rings is 1. The highest BCUT2D eigenvalue weighted by Gasteiger charge is 2.11. The highest BCUT2D eigenvalue weighted by atomic mass is 79.9. The molecule has 0 saturated heterocycles. The van der Waals surface area contributed by atoms with E-state index >= 15 is 0 Å². The van der Waals surface area contributed by atoms with Crippen LogP contribution in [0.25, 0.3) is 0 Å². The molecule has 1 aromatic heterocycles. The van der Waals surface area contributed by atoms with E-state index in [1.165, 1.54) is 12.5 Å². The summed E-state index contributed by atoms with van der Waals surface area (Å²) in [6.45, 7) is -0.182. The van der Waals surface area contributed by atoms with Crippen molar-refractivity contribution in [3.05, 3.63) is 45.2 Å². The van der Waals surface area contributed by atoms with E-state index in [1.54, 1.807) is 31.4 Å². The number of nitrogens with zero attached hydrogens (tertiary/aromatic N) is 1. The molecular weight excluding hydrogens is 420 g/mol. The van der Waals surface area contributed by atoms with Gasteiger partial charge in [0.1, 0.15) is 17.3 Å². The number of carbonyl (C=O) groups excluding carboxylic acids is 1. The van der Waals surface area contributed by atoms with E-state index in [2.05, 4.69) is 42.4 Å². The second-order valence-electron chi connectivity index (χ2n) is 4.02. The highest BCUT2D eigenvalue weighted by molar-refractivity contribution is 9.11. The van der Waals surface area contributed by atoms with Crippen LogP contribution in [0.4, 0.5) is 0 Å². The van der Waals surface area contributed by atoms with Gasteiger partial charge in [-0.15, -0.1) is 0 Å². The number of hydrogen-bond acceptors (Lipinski definition) is 5. The van der Waals surface area contributed by atoms with Gasteiger partial charge in [-0.25, -0.2) is 5.43 Å². The van der Waals surface area contributed by atoms with Crippen LogP contribution >= 0.6 is 31.9 Å². The number of amides is 1. The maximum Gasteiger partial charge on any atom is 0.277 e. The van der Waals surface area contributed by atoms with Crippen molar-refractivity contribution in [1.82, 2.24) is 5.43 Å². The molecular formula is C14H12Br2N2O4. The number of hydrogen-bond donors (Lipinski definition) is 1. The van der Waals surface area contributed by atoms with E-state index in [9.17, 15) is 4.79 Å². The van der Waals surface area contributed by atoms with Crippen molar-refractivity contribution in [2.24, 2.45) is 5.10 Å². The van der Waals surface area contributed by atoms with Gasteiger partial charge in [0, 0.05) is 0 Å². The van der Waals surface area contributed by atoms with E-state index in [1.807, 2.05) is 0 Å². The maximum atomic E-state index is 11.7. The molecule has 0 bridgehead atoms. The van der Waals surface area contributed by atoms with Crippen LogP contribution in [-0.2, 0) is 4.79 Å². The monoisotopic (exact) mass is 430 g/mol. The zero-order valence-corrected chi connectivity index (χ0v) is 14.7. The Morgan fingerprint density at radius 1 is 1.41 bits per heavy atom. The maximum absolute atomic E-state index is 11.7. The van der Waals surface area contributed by atoms with Gasteiger partial charge in [-0.2, -0.15) is 5.10 Å². The van der Waals surface area contributed by atoms with Crippen molar-refractivity contribution in [1.29, 1.82) is 0 Å². The van der Waals surface area contributed by atoms with Crippen LogP contribution < -0.4 is 14.9 Å². The van der Waals surface area contributed by atoms with Gasteiger partial charge in [-0.05, 0) is 56.1 Å². The molecule has 1 heterocycles. The summed E-state index contributed by atoms with van der Waals surface area (Å²) in [4.78, 5) is 11.7. The van der Waals surface area contributed by atoms with Gasteiger partial charge in [0.2, 0.25) is 0 Å². The van der Waals surface area contributed by atoms with Gasteiger partial charge in [0.25, 0.3) is 5.91 Å². The number of halogens is 2. The molecule has 2 rings (SSSR count). The summed E-state index contributed by atoms with van der Waals surface area (Å²) in [6.07, 6.45) is 2.92. The average Bonchev–Trinajstić information content (AvgIpc) is 2.99. The van der Waals surface area contributed by atoms with E-state index in [0.717, 1.165) is 0 Å². The van der Waals surface area contributed by atoms with Gasteiger partial charge >= 0.3 is 0 Å². The molecule has 116 valence electrons. The lowest BCUT2D eigenvalue weighted by Gasteiger charge is -2.11. The fraction of sp³-hybridized carbons (Fsp3) is 0.143. The Hall–Kier alpha value is -1.80. The Morgan fingerprint density at radius 3 is 2.73 bits per heavy atom. The molecule has 0 aliphatic rings. The lowest BCUT2D eigenvalue weighted by atomic mass is 10.3. The number of methoxy groups -OCH3 is 1. The molecule has 0 saturated carbocycles. The Balaban J connectivity index is 1.88. The molecule has 0 atom stereocenters. The first kappa shape index (κ1) is 16.6. The fourth-order valence-corrected chi connectivity index (χ4v) is 2.87. The first-order chi connectivity index (χ1) is 10.6. The Morgan fingerprint density at radius 2 is 2.14 bits per heavy atom. The number of benzene rings is 1. The summed E-state index contributed by atoms with van der Waals surface area (Å²) in [5.74, 6) is 1.32. The summed E-state index contributed by atoms with van der Waals surface area (Å²) in [5.41, 5.74) is 2.34. The average molecular weight is 432 g/mol. The Kier molecular flexibility index (Phi) is 6.02. The quantitative estimate of drug-likeness (QED) is 0.562. The van der Waals surface area contributed by atoms with Crippen molar-refractivity contribution in [2.75, 3.05) is 13.7 Å². The minimum atomic E-state index is -0.391. The van der Waals surface area contributed by atoms with Gasteiger partial charge in [-0.1, -0.05) is 0 Å². The minimum absolute atomic E-state index is 0.182. The molecule has 1 amide bonds. The summed E-state index contributed by atoms with van der Waals surface area (Å²) in [6, 6.07) is 6.93. The second-order valence-corrected chi connectivity index (χ2v) is 5.73. The molecule has 0 radical (unpaired) electrons. The van der Waals surface area contributed by atoms with Gasteiger partial charge < -0.3 is 13.9 Å². The van der Waals surface area contributed by atoms with Crippen LogP contribution in [0, 0.1) is 0 Å². The predicted octanol–water partition coefficient (Wildman–Crippen LogP) is 3.34. The lowest BCUT2D eigenvalue weighted by molar-refractivity contribution is -0.123. The molecule has 0 spiro atoms. The number of nitrogens with one attached hydrogen (secondary N) is 1. The minimum Gasteiger partial charge on any atom is -0.497 e. The lowest BCUT2D eigenvalue weighted by Crippen LogP contribution is -2.24. The van der Waals surface area contributed by atoms with Crippen LogP contribution in [0.5, 0.6) is 11.5 Å². The third kappa shape index (κ3) is 4.60. The van der Waals surface area contributed by atoms with Gasteiger partial charge in [0.15, 0.2) is 6.61 Å². The van der Waals surface area contributed by atoms with E-state index in [0.29, 0.717) is 26.2 Å². The summed E-state index contributed by atoms with van der Waals surface area (Å²) in [7, 11) is 1.57. The number of hydrazone groups is 1. The topological polar surface area (TPSA) is 73.1 Å². The molecule has 0 aliphatic heterocycles. The molecule has 0 fully saturated rings. The van der Waals surface area contributed by atoms with Gasteiger partial charge in [0.05, 0.1) is 28.5 Å². The van der Waals surface area contributed by atoms with Crippen molar-refractivity contribution in [3.63, 3.8) is 0 Å². The number of ether oxygens (including phenoxy) is 2. The smallest absolute Gasteiger partial charge is 0.277 e. The molecule has 0 aliphatic carbocycles. The van der Waals surface area contributed by atoms with E-state index in [-0.39, 0.29) is 6.61 Å². The molecule has 1 aromatic carbocycles. The largest absolute Gasteiger partial charge is 0.497 e. The first-order valence-electron chi connectivity index (χ1n) is 6.11. The van der Waals surface area contributed by atoms with Crippen LogP contribution in [0.1, 0.15) is 5.76 Å². The highest BCUT2D eigenvalue weighted by Crippen LogP contribution is 2.37. The summed E-state index contributed by atoms with van der Waals surface area (Å²) < 4.78 is 17.0. The Bertz CT molecular complexity index is 648. The third-order valence-electron chi connectivity index (χ3n) is 2.48. The predicted molar refractivity (Wildman–Crippen MR) is 88.3 cm³/mol. The molecule has 2 aromatic rings. The SMILES string of the molecule is COc1cc(Br)c(OCC(=O)N/N=C\c2ccco2)c(Br)c1.